The van der Waals surface area contributed by atoms with Gasteiger partial charge in [0.25, 0.3) is 5.91 Å². The maximum Gasteiger partial charge on any atom is 0.273 e. The molecule has 1 aliphatic rings. The van der Waals surface area contributed by atoms with E-state index in [9.17, 15) is 4.79 Å². The Morgan fingerprint density at radius 1 is 1.53 bits per heavy atom. The van der Waals surface area contributed by atoms with Crippen molar-refractivity contribution in [2.24, 2.45) is 17.6 Å². The Kier molecular flexibility index (Phi) is 3.79. The Morgan fingerprint density at radius 2 is 2.18 bits per heavy atom. The first-order valence-corrected chi connectivity index (χ1v) is 6.93. The summed E-state index contributed by atoms with van der Waals surface area (Å²) in [4.78, 5) is 18.4. The second-order valence-corrected chi connectivity index (χ2v) is 5.77. The van der Waals surface area contributed by atoms with Gasteiger partial charge in [0.2, 0.25) is 0 Å². The summed E-state index contributed by atoms with van der Waals surface area (Å²) in [5, 5.41) is 2.80. The zero-order valence-electron chi connectivity index (χ0n) is 10.3. The van der Waals surface area contributed by atoms with Crippen LogP contribution in [0.15, 0.2) is 5.38 Å². The molecule has 0 aromatic carbocycles. The van der Waals surface area contributed by atoms with Crippen LogP contribution >= 0.6 is 11.3 Å². The molecule has 4 nitrogen and oxygen atoms in total. The highest BCUT2D eigenvalue weighted by Gasteiger charge is 2.30. The van der Waals surface area contributed by atoms with Crippen molar-refractivity contribution in [1.82, 2.24) is 9.88 Å². The van der Waals surface area contributed by atoms with E-state index in [1.807, 2.05) is 10.3 Å². The average molecular weight is 253 g/mol. The Bertz CT molecular complexity index is 394. The van der Waals surface area contributed by atoms with Gasteiger partial charge in [-0.05, 0) is 18.4 Å². The second kappa shape index (κ2) is 5.14. The lowest BCUT2D eigenvalue weighted by Gasteiger charge is -2.14. The zero-order chi connectivity index (χ0) is 12.4. The number of thiazole rings is 1. The van der Waals surface area contributed by atoms with E-state index in [-0.39, 0.29) is 5.91 Å². The molecule has 1 saturated heterocycles. The van der Waals surface area contributed by atoms with Gasteiger partial charge in [-0.25, -0.2) is 4.98 Å². The lowest BCUT2D eigenvalue weighted by molar-refractivity contribution is 0.0780. The molecular formula is C12H19N3OS. The highest BCUT2D eigenvalue weighted by molar-refractivity contribution is 7.09. The smallest absolute Gasteiger partial charge is 0.273 e. The molecule has 5 heteroatoms. The summed E-state index contributed by atoms with van der Waals surface area (Å²) in [6, 6.07) is 0. The molecule has 0 saturated carbocycles. The third-order valence-corrected chi connectivity index (χ3v) is 4.31. The molecule has 0 aliphatic carbocycles. The van der Waals surface area contributed by atoms with E-state index in [0.29, 0.717) is 24.1 Å². The molecule has 2 N–H and O–H groups in total. The Hall–Kier alpha value is -0.940. The van der Waals surface area contributed by atoms with Crippen LogP contribution in [0.2, 0.25) is 0 Å². The topological polar surface area (TPSA) is 59.2 Å². The Morgan fingerprint density at radius 3 is 2.76 bits per heavy atom. The van der Waals surface area contributed by atoms with Gasteiger partial charge in [-0.3, -0.25) is 4.79 Å². The summed E-state index contributed by atoms with van der Waals surface area (Å²) in [5.41, 5.74) is 6.06. The number of amides is 1. The van der Waals surface area contributed by atoms with Crippen LogP contribution in [-0.2, 0) is 6.42 Å². The molecule has 2 unspecified atom stereocenters. The standard InChI is InChI=1S/C12H19N3OS/c1-8-5-15(6-9(8)2)12(16)10-7-17-11(14-10)3-4-13/h7-9H,3-6,13H2,1-2H3. The van der Waals surface area contributed by atoms with E-state index < -0.39 is 0 Å². The van der Waals surface area contributed by atoms with E-state index in [4.69, 9.17) is 5.73 Å². The van der Waals surface area contributed by atoms with Crippen molar-refractivity contribution in [3.8, 4) is 0 Å². The van der Waals surface area contributed by atoms with Crippen molar-refractivity contribution in [1.29, 1.82) is 0 Å². The second-order valence-electron chi connectivity index (χ2n) is 4.83. The number of aromatic nitrogens is 1. The first kappa shape index (κ1) is 12.5. The molecule has 1 aromatic rings. The molecule has 17 heavy (non-hydrogen) atoms. The largest absolute Gasteiger partial charge is 0.337 e. The van der Waals surface area contributed by atoms with Crippen LogP contribution in [0, 0.1) is 11.8 Å². The first-order chi connectivity index (χ1) is 8.11. The summed E-state index contributed by atoms with van der Waals surface area (Å²) in [6.45, 7) is 6.67. The van der Waals surface area contributed by atoms with Crippen LogP contribution < -0.4 is 5.73 Å². The van der Waals surface area contributed by atoms with Gasteiger partial charge in [-0.2, -0.15) is 0 Å². The SMILES string of the molecule is CC1CN(C(=O)c2csc(CCN)n2)CC1C. The molecule has 1 amide bonds. The van der Waals surface area contributed by atoms with Crippen LogP contribution in [0.1, 0.15) is 29.3 Å². The van der Waals surface area contributed by atoms with Gasteiger partial charge in [-0.1, -0.05) is 13.8 Å². The molecule has 0 spiro atoms. The average Bonchev–Trinajstić information content (AvgIpc) is 2.87. The van der Waals surface area contributed by atoms with Gasteiger partial charge in [0.15, 0.2) is 0 Å². The van der Waals surface area contributed by atoms with Crippen molar-refractivity contribution < 1.29 is 4.79 Å². The zero-order valence-corrected chi connectivity index (χ0v) is 11.2. The number of likely N-dealkylation sites (tertiary alicyclic amines) is 1. The van der Waals surface area contributed by atoms with E-state index in [2.05, 4.69) is 18.8 Å². The van der Waals surface area contributed by atoms with Crippen molar-refractivity contribution in [3.05, 3.63) is 16.1 Å². The van der Waals surface area contributed by atoms with Gasteiger partial charge in [0.05, 0.1) is 5.01 Å². The van der Waals surface area contributed by atoms with Gasteiger partial charge < -0.3 is 10.6 Å². The normalized spacial score (nSPS) is 24.3. The van der Waals surface area contributed by atoms with Gasteiger partial charge >= 0.3 is 0 Å². The van der Waals surface area contributed by atoms with Crippen molar-refractivity contribution in [2.45, 2.75) is 20.3 Å². The predicted octanol–water partition coefficient (Wildman–Crippen LogP) is 1.37. The van der Waals surface area contributed by atoms with Crippen molar-refractivity contribution >= 4 is 17.2 Å². The van der Waals surface area contributed by atoms with Crippen LogP contribution in [0.25, 0.3) is 0 Å². The summed E-state index contributed by atoms with van der Waals surface area (Å²) in [5.74, 6) is 1.24. The monoisotopic (exact) mass is 253 g/mol. The third kappa shape index (κ3) is 2.66. The summed E-state index contributed by atoms with van der Waals surface area (Å²) < 4.78 is 0. The first-order valence-electron chi connectivity index (χ1n) is 6.05. The fourth-order valence-corrected chi connectivity index (χ4v) is 2.89. The molecular weight excluding hydrogens is 234 g/mol. The molecule has 0 radical (unpaired) electrons. The summed E-state index contributed by atoms with van der Waals surface area (Å²) in [6.07, 6.45) is 0.755. The molecule has 0 bridgehead atoms. The minimum Gasteiger partial charge on any atom is -0.337 e. The van der Waals surface area contributed by atoms with E-state index in [1.165, 1.54) is 11.3 Å². The highest BCUT2D eigenvalue weighted by Crippen LogP contribution is 2.24. The van der Waals surface area contributed by atoms with E-state index >= 15 is 0 Å². The Labute approximate surface area is 106 Å². The van der Waals surface area contributed by atoms with Crippen LogP contribution in [0.4, 0.5) is 0 Å². The predicted molar refractivity (Wildman–Crippen MR) is 69.1 cm³/mol. The van der Waals surface area contributed by atoms with Gasteiger partial charge in [0, 0.05) is 24.9 Å². The highest BCUT2D eigenvalue weighted by atomic mass is 32.1. The number of nitrogens with zero attached hydrogens (tertiary/aromatic N) is 2. The maximum absolute atomic E-state index is 12.2. The molecule has 94 valence electrons. The lowest BCUT2D eigenvalue weighted by Crippen LogP contribution is -2.29. The van der Waals surface area contributed by atoms with Crippen molar-refractivity contribution in [2.75, 3.05) is 19.6 Å². The number of carbonyl (C=O) groups is 1. The minimum atomic E-state index is 0.0701. The van der Waals surface area contributed by atoms with Crippen LogP contribution in [-0.4, -0.2) is 35.4 Å². The quantitative estimate of drug-likeness (QED) is 0.885. The number of hydrogen-bond donors (Lipinski definition) is 1. The summed E-state index contributed by atoms with van der Waals surface area (Å²) in [7, 11) is 0. The van der Waals surface area contributed by atoms with Crippen LogP contribution in [0.5, 0.6) is 0 Å². The summed E-state index contributed by atoms with van der Waals surface area (Å²) >= 11 is 1.52. The minimum absolute atomic E-state index is 0.0701. The fourth-order valence-electron chi connectivity index (χ4n) is 2.10. The maximum atomic E-state index is 12.2. The third-order valence-electron chi connectivity index (χ3n) is 3.40. The van der Waals surface area contributed by atoms with E-state index in [1.54, 1.807) is 0 Å². The van der Waals surface area contributed by atoms with E-state index in [0.717, 1.165) is 24.5 Å². The molecule has 2 rings (SSSR count). The number of nitrogens with two attached hydrogens (primary N) is 1. The number of hydrogen-bond acceptors (Lipinski definition) is 4. The van der Waals surface area contributed by atoms with Gasteiger partial charge in [0.1, 0.15) is 5.69 Å². The van der Waals surface area contributed by atoms with Crippen molar-refractivity contribution in [3.63, 3.8) is 0 Å². The fraction of sp³-hybridized carbons (Fsp3) is 0.667. The molecule has 2 atom stereocenters. The molecule has 2 heterocycles. The lowest BCUT2D eigenvalue weighted by atomic mass is 10.0. The number of carbonyl (C=O) groups excluding carboxylic acids is 1. The van der Waals surface area contributed by atoms with Gasteiger partial charge in [-0.15, -0.1) is 11.3 Å². The Balaban J connectivity index is 2.04. The number of rotatable bonds is 3. The molecule has 1 aliphatic heterocycles. The molecule has 1 fully saturated rings. The molecule has 1 aromatic heterocycles. The van der Waals surface area contributed by atoms with Crippen LogP contribution in [0.3, 0.4) is 0 Å².